The molecule has 3 heterocycles. The number of ether oxygens (including phenoxy) is 2. The molecular formula is C17H19FN4O4. The number of carbonyl (C=O) groups excluding carboxylic acids is 1. The molecule has 2 aromatic rings. The lowest BCUT2D eigenvalue weighted by atomic mass is 9.96. The SMILES string of the molecule is CCC1C(COc2nccc3nc(C(N)=O)c(OC)cc23)N=C(O)C1F. The normalized spacial score (nSPS) is 22.3. The van der Waals surface area contributed by atoms with Crippen molar-refractivity contribution in [2.24, 2.45) is 16.6 Å². The van der Waals surface area contributed by atoms with Gasteiger partial charge in [-0.1, -0.05) is 6.92 Å². The number of pyridine rings is 2. The van der Waals surface area contributed by atoms with E-state index >= 15 is 0 Å². The van der Waals surface area contributed by atoms with Gasteiger partial charge in [-0.2, -0.15) is 0 Å². The number of aliphatic hydroxyl groups excluding tert-OH is 1. The van der Waals surface area contributed by atoms with Crippen molar-refractivity contribution in [1.29, 1.82) is 0 Å². The highest BCUT2D eigenvalue weighted by molar-refractivity contribution is 5.97. The number of nitrogens with two attached hydrogens (primary N) is 1. The number of alkyl halides is 1. The molecule has 138 valence electrons. The topological polar surface area (TPSA) is 120 Å². The largest absolute Gasteiger partial charge is 0.494 e. The van der Waals surface area contributed by atoms with Crippen LogP contribution in [0.1, 0.15) is 23.8 Å². The summed E-state index contributed by atoms with van der Waals surface area (Å²) < 4.78 is 24.8. The van der Waals surface area contributed by atoms with E-state index in [1.54, 1.807) is 12.1 Å². The van der Waals surface area contributed by atoms with Crippen molar-refractivity contribution in [2.45, 2.75) is 25.6 Å². The first-order chi connectivity index (χ1) is 12.5. The minimum Gasteiger partial charge on any atom is -0.494 e. The van der Waals surface area contributed by atoms with Gasteiger partial charge in [0.15, 0.2) is 17.6 Å². The maximum absolute atomic E-state index is 13.9. The van der Waals surface area contributed by atoms with Gasteiger partial charge in [0.05, 0.1) is 24.1 Å². The Balaban J connectivity index is 1.90. The summed E-state index contributed by atoms with van der Waals surface area (Å²) in [5.74, 6) is -1.20. The molecule has 0 saturated heterocycles. The van der Waals surface area contributed by atoms with E-state index in [0.29, 0.717) is 17.3 Å². The number of aromatic nitrogens is 2. The lowest BCUT2D eigenvalue weighted by Crippen LogP contribution is -2.28. The van der Waals surface area contributed by atoms with Crippen LogP contribution in [0.4, 0.5) is 4.39 Å². The van der Waals surface area contributed by atoms with E-state index in [1.807, 2.05) is 6.92 Å². The quantitative estimate of drug-likeness (QED) is 0.809. The minimum absolute atomic E-state index is 0.00813. The molecule has 8 nitrogen and oxygen atoms in total. The van der Waals surface area contributed by atoms with Gasteiger partial charge >= 0.3 is 0 Å². The van der Waals surface area contributed by atoms with Gasteiger partial charge < -0.3 is 20.3 Å². The van der Waals surface area contributed by atoms with Crippen molar-refractivity contribution < 1.29 is 23.8 Å². The van der Waals surface area contributed by atoms with Gasteiger partial charge in [0.1, 0.15) is 6.61 Å². The van der Waals surface area contributed by atoms with E-state index in [-0.39, 0.29) is 23.9 Å². The molecular weight excluding hydrogens is 343 g/mol. The Morgan fingerprint density at radius 1 is 1.46 bits per heavy atom. The molecule has 9 heteroatoms. The van der Waals surface area contributed by atoms with E-state index < -0.39 is 29.9 Å². The molecule has 3 N–H and O–H groups in total. The third-order valence-corrected chi connectivity index (χ3v) is 4.40. The second kappa shape index (κ2) is 7.11. The number of hydrogen-bond acceptors (Lipinski definition) is 6. The highest BCUT2D eigenvalue weighted by Crippen LogP contribution is 2.30. The van der Waals surface area contributed by atoms with Crippen molar-refractivity contribution in [3.05, 3.63) is 24.0 Å². The molecule has 0 saturated carbocycles. The molecule has 3 atom stereocenters. The van der Waals surface area contributed by atoms with Crippen LogP contribution in [0, 0.1) is 5.92 Å². The molecule has 0 bridgehead atoms. The van der Waals surface area contributed by atoms with Gasteiger partial charge in [0.2, 0.25) is 11.8 Å². The summed E-state index contributed by atoms with van der Waals surface area (Å²) in [4.78, 5) is 23.8. The van der Waals surface area contributed by atoms with Crippen LogP contribution < -0.4 is 15.2 Å². The monoisotopic (exact) mass is 362 g/mol. The fourth-order valence-corrected chi connectivity index (χ4v) is 3.03. The van der Waals surface area contributed by atoms with Crippen molar-refractivity contribution in [3.63, 3.8) is 0 Å². The summed E-state index contributed by atoms with van der Waals surface area (Å²) in [6, 6.07) is 2.67. The number of amides is 1. The predicted octanol–water partition coefficient (Wildman–Crippen LogP) is 1.82. The van der Waals surface area contributed by atoms with Crippen molar-refractivity contribution in [2.75, 3.05) is 13.7 Å². The number of primary amides is 1. The minimum atomic E-state index is -1.48. The Morgan fingerprint density at radius 2 is 2.23 bits per heavy atom. The first-order valence-electron chi connectivity index (χ1n) is 8.13. The van der Waals surface area contributed by atoms with Crippen LogP contribution in [-0.4, -0.2) is 52.8 Å². The Bertz CT molecular complexity index is 873. The zero-order valence-corrected chi connectivity index (χ0v) is 14.3. The summed E-state index contributed by atoms with van der Waals surface area (Å²) >= 11 is 0. The third-order valence-electron chi connectivity index (χ3n) is 4.40. The van der Waals surface area contributed by atoms with Gasteiger partial charge in [-0.25, -0.2) is 19.4 Å². The van der Waals surface area contributed by atoms with Gasteiger partial charge in [-0.3, -0.25) is 4.79 Å². The molecule has 0 fully saturated rings. The second-order valence-corrected chi connectivity index (χ2v) is 5.93. The van der Waals surface area contributed by atoms with Crippen LogP contribution in [0.15, 0.2) is 23.3 Å². The van der Waals surface area contributed by atoms with Crippen LogP contribution in [0.2, 0.25) is 0 Å². The van der Waals surface area contributed by atoms with Crippen LogP contribution >= 0.6 is 0 Å². The molecule has 1 aliphatic heterocycles. The number of rotatable bonds is 6. The smallest absolute Gasteiger partial charge is 0.271 e. The third kappa shape index (κ3) is 3.12. The van der Waals surface area contributed by atoms with Gasteiger partial charge in [-0.05, 0) is 18.6 Å². The number of halogens is 1. The Kier molecular flexibility index (Phi) is 4.88. The highest BCUT2D eigenvalue weighted by atomic mass is 19.1. The average Bonchev–Trinajstić information content (AvgIpc) is 2.91. The second-order valence-electron chi connectivity index (χ2n) is 5.93. The first-order valence-corrected chi connectivity index (χ1v) is 8.13. The van der Waals surface area contributed by atoms with Crippen molar-refractivity contribution in [1.82, 2.24) is 9.97 Å². The van der Waals surface area contributed by atoms with Gasteiger partial charge in [0, 0.05) is 12.1 Å². The number of aliphatic hydroxyl groups is 1. The Hall–Kier alpha value is -2.97. The van der Waals surface area contributed by atoms with E-state index in [1.165, 1.54) is 13.3 Å². The summed E-state index contributed by atoms with van der Waals surface area (Å²) in [6.45, 7) is 1.88. The van der Waals surface area contributed by atoms with Crippen LogP contribution in [-0.2, 0) is 0 Å². The lowest BCUT2D eigenvalue weighted by molar-refractivity contribution is 0.0992. The van der Waals surface area contributed by atoms with Crippen LogP contribution in [0.25, 0.3) is 10.9 Å². The number of hydrogen-bond donors (Lipinski definition) is 2. The summed E-state index contributed by atoms with van der Waals surface area (Å²) in [7, 11) is 1.40. The van der Waals surface area contributed by atoms with E-state index in [9.17, 15) is 14.3 Å². The fourth-order valence-electron chi connectivity index (χ4n) is 3.03. The van der Waals surface area contributed by atoms with Gasteiger partial charge in [-0.15, -0.1) is 0 Å². The number of aliphatic imine (C=N–C) groups is 1. The Morgan fingerprint density at radius 3 is 2.88 bits per heavy atom. The number of carbonyl (C=O) groups is 1. The van der Waals surface area contributed by atoms with E-state index in [2.05, 4.69) is 15.0 Å². The predicted molar refractivity (Wildman–Crippen MR) is 92.6 cm³/mol. The zero-order chi connectivity index (χ0) is 18.8. The number of fused-ring (bicyclic) bond motifs is 1. The lowest BCUT2D eigenvalue weighted by Gasteiger charge is -2.18. The standard InChI is InChI=1S/C17H19FN4O4/c1-3-8-11(22-16(24)13(8)18)7-26-17-9-6-12(25-2)14(15(19)23)21-10(9)4-5-20-17/h4-6,8,11,13H,3,7H2,1-2H3,(H2,19,23)(H,22,24). The number of nitrogens with zero attached hydrogens (tertiary/aromatic N) is 3. The summed E-state index contributed by atoms with van der Waals surface area (Å²) in [5.41, 5.74) is 5.78. The summed E-state index contributed by atoms with van der Waals surface area (Å²) in [6.07, 6.45) is 0.518. The first kappa shape index (κ1) is 17.8. The molecule has 3 rings (SSSR count). The Labute approximate surface area is 148 Å². The maximum Gasteiger partial charge on any atom is 0.271 e. The van der Waals surface area contributed by atoms with Gasteiger partial charge in [0.25, 0.3) is 5.91 Å². The average molecular weight is 362 g/mol. The molecule has 0 spiro atoms. The molecule has 26 heavy (non-hydrogen) atoms. The molecule has 1 amide bonds. The molecule has 2 aromatic heterocycles. The molecule has 0 aliphatic carbocycles. The van der Waals surface area contributed by atoms with E-state index in [4.69, 9.17) is 15.2 Å². The molecule has 0 aromatic carbocycles. The summed E-state index contributed by atoms with van der Waals surface area (Å²) in [5, 5.41) is 10.0. The zero-order valence-electron chi connectivity index (χ0n) is 14.3. The highest BCUT2D eigenvalue weighted by Gasteiger charge is 2.38. The molecule has 1 aliphatic rings. The van der Waals surface area contributed by atoms with E-state index in [0.717, 1.165) is 0 Å². The fraction of sp³-hybridized carbons (Fsp3) is 0.412. The molecule has 3 unspecified atom stereocenters. The number of methoxy groups -OCH3 is 1. The van der Waals surface area contributed by atoms with Crippen LogP contribution in [0.5, 0.6) is 11.6 Å². The van der Waals surface area contributed by atoms with Crippen molar-refractivity contribution >= 4 is 22.7 Å². The van der Waals surface area contributed by atoms with Crippen molar-refractivity contribution in [3.8, 4) is 11.6 Å². The van der Waals surface area contributed by atoms with Crippen LogP contribution in [0.3, 0.4) is 0 Å². The molecule has 0 radical (unpaired) electrons. The maximum atomic E-state index is 13.9.